The molecule has 2 rings (SSSR count). The monoisotopic (exact) mass is 335 g/mol. The molecule has 0 aromatic carbocycles. The molecule has 1 aliphatic heterocycles. The molecule has 0 aromatic rings. The molecule has 10 nitrogen and oxygen atoms in total. The Morgan fingerprint density at radius 3 is 2.13 bits per heavy atom. The molecule has 8 unspecified atom stereocenters. The van der Waals surface area contributed by atoms with Crippen molar-refractivity contribution in [3.63, 3.8) is 0 Å². The highest BCUT2D eigenvalue weighted by Crippen LogP contribution is 2.28. The van der Waals surface area contributed by atoms with Gasteiger partial charge in [-0.25, -0.2) is 0 Å². The van der Waals surface area contributed by atoms with Gasteiger partial charge in [-0.2, -0.15) is 0 Å². The number of nitrogens with one attached hydrogen (secondary N) is 2. The van der Waals surface area contributed by atoms with Crippen LogP contribution in [0.1, 0.15) is 13.3 Å². The van der Waals surface area contributed by atoms with Crippen LogP contribution in [0.3, 0.4) is 0 Å². The van der Waals surface area contributed by atoms with Crippen molar-refractivity contribution < 1.29 is 35.0 Å². The SMILES string of the molecule is CC1OC(OC2C(O)C(O)C(O)C(O)C2O)C(N)CC1NC=N. The van der Waals surface area contributed by atoms with Crippen LogP contribution in [0.15, 0.2) is 0 Å². The maximum atomic E-state index is 9.97. The van der Waals surface area contributed by atoms with E-state index in [1.807, 2.05) is 0 Å². The molecule has 1 saturated carbocycles. The number of rotatable bonds is 4. The maximum absolute atomic E-state index is 9.97. The van der Waals surface area contributed by atoms with Crippen molar-refractivity contribution in [2.24, 2.45) is 5.73 Å². The highest BCUT2D eigenvalue weighted by Gasteiger charge is 2.50. The molecule has 0 amide bonds. The van der Waals surface area contributed by atoms with Gasteiger partial charge < -0.3 is 46.1 Å². The van der Waals surface area contributed by atoms with Gasteiger partial charge in [-0.05, 0) is 13.3 Å². The first kappa shape index (κ1) is 18.5. The van der Waals surface area contributed by atoms with Crippen molar-refractivity contribution in [1.29, 1.82) is 5.41 Å². The fourth-order valence-electron chi connectivity index (χ4n) is 2.96. The van der Waals surface area contributed by atoms with Crippen molar-refractivity contribution in [3.05, 3.63) is 0 Å². The first-order chi connectivity index (χ1) is 10.8. The van der Waals surface area contributed by atoms with Crippen LogP contribution in [0.25, 0.3) is 0 Å². The summed E-state index contributed by atoms with van der Waals surface area (Å²) < 4.78 is 11.1. The number of nitrogens with two attached hydrogens (primary N) is 1. The second-order valence-electron chi connectivity index (χ2n) is 6.08. The number of ether oxygens (including phenoxy) is 2. The van der Waals surface area contributed by atoms with Crippen LogP contribution in [0, 0.1) is 5.41 Å². The molecular formula is C13H25N3O7. The van der Waals surface area contributed by atoms with Gasteiger partial charge >= 0.3 is 0 Å². The predicted molar refractivity (Wildman–Crippen MR) is 77.5 cm³/mol. The molecule has 2 fully saturated rings. The van der Waals surface area contributed by atoms with Gasteiger partial charge in [-0.15, -0.1) is 0 Å². The molecule has 134 valence electrons. The number of aliphatic hydroxyl groups excluding tert-OH is 5. The standard InChI is InChI=1S/C13H25N3O7/c1-4-6(16-3-14)2-5(15)13(22-4)23-12-10(20)8(18)7(17)9(19)11(12)21/h3-13,17-21H,2,15H2,1H3,(H2,14,16). The van der Waals surface area contributed by atoms with Crippen LogP contribution < -0.4 is 11.1 Å². The zero-order valence-corrected chi connectivity index (χ0v) is 12.7. The average molecular weight is 335 g/mol. The van der Waals surface area contributed by atoms with E-state index in [-0.39, 0.29) is 12.1 Å². The van der Waals surface area contributed by atoms with Crippen LogP contribution >= 0.6 is 0 Å². The molecule has 0 aromatic heterocycles. The van der Waals surface area contributed by atoms with E-state index in [4.69, 9.17) is 20.6 Å². The third-order valence-corrected chi connectivity index (χ3v) is 4.45. The van der Waals surface area contributed by atoms with E-state index in [1.54, 1.807) is 6.92 Å². The molecule has 1 saturated heterocycles. The van der Waals surface area contributed by atoms with Crippen LogP contribution in [0.5, 0.6) is 0 Å². The normalized spacial score (nSPS) is 51.3. The summed E-state index contributed by atoms with van der Waals surface area (Å²) in [5.74, 6) is 0. The largest absolute Gasteiger partial charge is 0.387 e. The van der Waals surface area contributed by atoms with Gasteiger partial charge in [0.2, 0.25) is 0 Å². The Morgan fingerprint density at radius 2 is 1.61 bits per heavy atom. The predicted octanol–water partition coefficient (Wildman–Crippen LogP) is -3.78. The zero-order valence-electron chi connectivity index (χ0n) is 12.7. The summed E-state index contributed by atoms with van der Waals surface area (Å²) in [4.78, 5) is 0. The smallest absolute Gasteiger partial charge is 0.173 e. The fraction of sp³-hybridized carbons (Fsp3) is 0.923. The second-order valence-corrected chi connectivity index (χ2v) is 6.08. The fourth-order valence-corrected chi connectivity index (χ4v) is 2.96. The molecule has 0 bridgehead atoms. The van der Waals surface area contributed by atoms with E-state index in [1.165, 1.54) is 0 Å². The molecule has 8 atom stereocenters. The third-order valence-electron chi connectivity index (χ3n) is 4.45. The summed E-state index contributed by atoms with van der Waals surface area (Å²) >= 11 is 0. The van der Waals surface area contributed by atoms with E-state index in [0.29, 0.717) is 6.42 Å². The van der Waals surface area contributed by atoms with Crippen LogP contribution in [0.2, 0.25) is 0 Å². The van der Waals surface area contributed by atoms with Gasteiger partial charge in [0.25, 0.3) is 0 Å². The van der Waals surface area contributed by atoms with Crippen LogP contribution in [-0.2, 0) is 9.47 Å². The highest BCUT2D eigenvalue weighted by molar-refractivity contribution is 5.50. The summed E-state index contributed by atoms with van der Waals surface area (Å²) in [6, 6.07) is -0.786. The Kier molecular flexibility index (Phi) is 5.92. The molecule has 0 radical (unpaired) electrons. The molecule has 10 heteroatoms. The molecular weight excluding hydrogens is 310 g/mol. The lowest BCUT2D eigenvalue weighted by Gasteiger charge is -2.45. The quantitative estimate of drug-likeness (QED) is 0.189. The third kappa shape index (κ3) is 3.64. The number of hydrogen-bond donors (Lipinski definition) is 8. The lowest BCUT2D eigenvalue weighted by atomic mass is 9.84. The van der Waals surface area contributed by atoms with Crippen molar-refractivity contribution >= 4 is 6.34 Å². The van der Waals surface area contributed by atoms with Crippen molar-refractivity contribution in [2.75, 3.05) is 0 Å². The highest BCUT2D eigenvalue weighted by atomic mass is 16.7. The van der Waals surface area contributed by atoms with Crippen LogP contribution in [-0.4, -0.2) is 93.0 Å². The van der Waals surface area contributed by atoms with Gasteiger partial charge in [0, 0.05) is 0 Å². The average Bonchev–Trinajstić information content (AvgIpc) is 2.52. The summed E-state index contributed by atoms with van der Waals surface area (Å²) in [6.45, 7) is 1.75. The summed E-state index contributed by atoms with van der Waals surface area (Å²) in [5.41, 5.74) is 5.96. The van der Waals surface area contributed by atoms with E-state index in [2.05, 4.69) is 5.32 Å². The van der Waals surface area contributed by atoms with E-state index >= 15 is 0 Å². The minimum atomic E-state index is -1.68. The van der Waals surface area contributed by atoms with Gasteiger partial charge in [0.15, 0.2) is 6.29 Å². The van der Waals surface area contributed by atoms with E-state index in [0.717, 1.165) is 6.34 Å². The molecule has 0 spiro atoms. The Labute approximate surface area is 133 Å². The summed E-state index contributed by atoms with van der Waals surface area (Å²) in [7, 11) is 0. The molecule has 2 aliphatic rings. The topological polar surface area (TPSA) is 182 Å². The Morgan fingerprint density at radius 1 is 1.09 bits per heavy atom. The molecule has 9 N–H and O–H groups in total. The Bertz CT molecular complexity index is 399. The minimum absolute atomic E-state index is 0.179. The van der Waals surface area contributed by atoms with Crippen molar-refractivity contribution in [2.45, 2.75) is 74.4 Å². The lowest BCUT2D eigenvalue weighted by molar-refractivity contribution is -0.293. The van der Waals surface area contributed by atoms with Gasteiger partial charge in [-0.3, -0.25) is 5.41 Å². The Hall–Kier alpha value is -0.850. The van der Waals surface area contributed by atoms with Gasteiger partial charge in [0.05, 0.1) is 24.5 Å². The Balaban J connectivity index is 2.04. The van der Waals surface area contributed by atoms with Crippen molar-refractivity contribution in [1.82, 2.24) is 5.32 Å². The van der Waals surface area contributed by atoms with E-state index < -0.39 is 49.0 Å². The number of aliphatic hydroxyl groups is 5. The van der Waals surface area contributed by atoms with Crippen LogP contribution in [0.4, 0.5) is 0 Å². The first-order valence-corrected chi connectivity index (χ1v) is 7.49. The molecule has 23 heavy (non-hydrogen) atoms. The minimum Gasteiger partial charge on any atom is -0.387 e. The summed E-state index contributed by atoms with van der Waals surface area (Å²) in [6.07, 6.45) is -9.43. The maximum Gasteiger partial charge on any atom is 0.173 e. The molecule has 1 heterocycles. The van der Waals surface area contributed by atoms with Crippen molar-refractivity contribution in [3.8, 4) is 0 Å². The first-order valence-electron chi connectivity index (χ1n) is 7.49. The van der Waals surface area contributed by atoms with E-state index in [9.17, 15) is 25.5 Å². The zero-order chi connectivity index (χ0) is 17.3. The molecule has 1 aliphatic carbocycles. The van der Waals surface area contributed by atoms with Gasteiger partial charge in [0.1, 0.15) is 36.6 Å². The second kappa shape index (κ2) is 7.36. The van der Waals surface area contributed by atoms with Gasteiger partial charge in [-0.1, -0.05) is 0 Å². The number of hydrogen-bond acceptors (Lipinski definition) is 9. The summed E-state index contributed by atoms with van der Waals surface area (Å²) in [5, 5.41) is 58.7. The lowest BCUT2D eigenvalue weighted by Crippen LogP contribution is -2.66.